The molecule has 0 saturated carbocycles. The highest BCUT2D eigenvalue weighted by Crippen LogP contribution is 2.18. The minimum Gasteiger partial charge on any atom is -0.300 e. The summed E-state index contributed by atoms with van der Waals surface area (Å²) in [6, 6.07) is 0. The first-order valence-electron chi connectivity index (χ1n) is 4.07. The van der Waals surface area contributed by atoms with E-state index in [1.807, 2.05) is 4.90 Å². The first-order chi connectivity index (χ1) is 5.24. The van der Waals surface area contributed by atoms with Gasteiger partial charge in [0.1, 0.15) is 5.50 Å². The minimum absolute atomic E-state index is 0.400. The average Bonchev–Trinajstić information content (AvgIpc) is 2.05. The van der Waals surface area contributed by atoms with Crippen LogP contribution in [0.4, 0.5) is 0 Å². The van der Waals surface area contributed by atoms with Gasteiger partial charge in [-0.25, -0.2) is 0 Å². The third-order valence-corrected chi connectivity index (χ3v) is 2.66. The van der Waals surface area contributed by atoms with Gasteiger partial charge >= 0.3 is 0 Å². The Morgan fingerprint density at radius 2 is 2.09 bits per heavy atom. The Bertz CT molecular complexity index is 132. The van der Waals surface area contributed by atoms with E-state index in [0.717, 1.165) is 38.1 Å². The zero-order valence-electron chi connectivity index (χ0n) is 6.79. The number of nitrogens with zero attached hydrogens (tertiary/aromatic N) is 1. The maximum atomic E-state index is 10.3. The zero-order chi connectivity index (χ0) is 8.27. The van der Waals surface area contributed by atoms with Crippen molar-refractivity contribution in [3.8, 4) is 0 Å². The number of halogens is 1. The van der Waals surface area contributed by atoms with Crippen LogP contribution >= 0.6 is 11.6 Å². The standard InChI is InChI=1S/C8H14ClNO/c1-7-2-4-10(5-3-7)8(9)6-11/h6-8H,2-5H2,1H3. The second-order valence-corrected chi connectivity index (χ2v) is 3.67. The van der Waals surface area contributed by atoms with E-state index in [4.69, 9.17) is 11.6 Å². The largest absolute Gasteiger partial charge is 0.300 e. The van der Waals surface area contributed by atoms with Crippen molar-refractivity contribution < 1.29 is 4.79 Å². The van der Waals surface area contributed by atoms with E-state index in [1.165, 1.54) is 0 Å². The number of hydrogen-bond acceptors (Lipinski definition) is 2. The topological polar surface area (TPSA) is 20.3 Å². The van der Waals surface area contributed by atoms with Gasteiger partial charge in [-0.1, -0.05) is 18.5 Å². The summed E-state index contributed by atoms with van der Waals surface area (Å²) in [5.74, 6) is 0.793. The number of aldehydes is 1. The van der Waals surface area contributed by atoms with E-state index < -0.39 is 5.50 Å². The number of rotatable bonds is 2. The Labute approximate surface area is 72.5 Å². The van der Waals surface area contributed by atoms with Gasteiger partial charge in [0.2, 0.25) is 0 Å². The zero-order valence-corrected chi connectivity index (χ0v) is 7.55. The van der Waals surface area contributed by atoms with E-state index in [9.17, 15) is 4.79 Å². The van der Waals surface area contributed by atoms with Crippen molar-refractivity contribution in [2.24, 2.45) is 5.92 Å². The van der Waals surface area contributed by atoms with Gasteiger partial charge in [-0.3, -0.25) is 4.90 Å². The second-order valence-electron chi connectivity index (χ2n) is 3.23. The number of carbonyl (C=O) groups is 1. The molecule has 0 aromatic heterocycles. The van der Waals surface area contributed by atoms with Crippen LogP contribution in [0.5, 0.6) is 0 Å². The fraction of sp³-hybridized carbons (Fsp3) is 0.875. The van der Waals surface area contributed by atoms with Crippen molar-refractivity contribution in [3.63, 3.8) is 0 Å². The lowest BCUT2D eigenvalue weighted by Crippen LogP contribution is -2.38. The predicted octanol–water partition coefficient (Wildman–Crippen LogP) is 1.48. The summed E-state index contributed by atoms with van der Waals surface area (Å²) in [5, 5.41) is 0. The van der Waals surface area contributed by atoms with Gasteiger partial charge in [0, 0.05) is 13.1 Å². The van der Waals surface area contributed by atoms with Crippen LogP contribution in [0, 0.1) is 5.92 Å². The number of likely N-dealkylation sites (tertiary alicyclic amines) is 1. The molecule has 3 heteroatoms. The summed E-state index contributed by atoms with van der Waals surface area (Å²) in [6.45, 7) is 4.17. The van der Waals surface area contributed by atoms with Crippen LogP contribution in [0.25, 0.3) is 0 Å². The maximum absolute atomic E-state index is 10.3. The highest BCUT2D eigenvalue weighted by Gasteiger charge is 2.20. The van der Waals surface area contributed by atoms with Gasteiger partial charge < -0.3 is 4.79 Å². The molecule has 0 amide bonds. The first-order valence-corrected chi connectivity index (χ1v) is 4.51. The number of piperidine rings is 1. The number of carbonyl (C=O) groups excluding carboxylic acids is 1. The van der Waals surface area contributed by atoms with Crippen LogP contribution in [0.3, 0.4) is 0 Å². The van der Waals surface area contributed by atoms with Crippen LogP contribution in [0.15, 0.2) is 0 Å². The third-order valence-electron chi connectivity index (χ3n) is 2.28. The smallest absolute Gasteiger partial charge is 0.152 e. The molecule has 1 rings (SSSR count). The predicted molar refractivity (Wildman–Crippen MR) is 45.7 cm³/mol. The quantitative estimate of drug-likeness (QED) is 0.360. The lowest BCUT2D eigenvalue weighted by Gasteiger charge is -2.31. The lowest BCUT2D eigenvalue weighted by atomic mass is 9.99. The fourth-order valence-corrected chi connectivity index (χ4v) is 1.56. The van der Waals surface area contributed by atoms with Crippen LogP contribution in [-0.4, -0.2) is 29.8 Å². The molecular formula is C8H14ClNO. The Morgan fingerprint density at radius 3 is 2.55 bits per heavy atom. The molecule has 0 bridgehead atoms. The van der Waals surface area contributed by atoms with E-state index in [0.29, 0.717) is 0 Å². The van der Waals surface area contributed by atoms with Crippen molar-refractivity contribution in [3.05, 3.63) is 0 Å². The van der Waals surface area contributed by atoms with Crippen LogP contribution in [-0.2, 0) is 4.79 Å². The average molecular weight is 176 g/mol. The van der Waals surface area contributed by atoms with Crippen LogP contribution < -0.4 is 0 Å². The second kappa shape index (κ2) is 4.07. The molecule has 0 radical (unpaired) electrons. The monoisotopic (exact) mass is 175 g/mol. The first kappa shape index (κ1) is 9.01. The molecule has 0 aromatic rings. The SMILES string of the molecule is CC1CCN(C(Cl)C=O)CC1. The van der Waals surface area contributed by atoms with E-state index >= 15 is 0 Å². The van der Waals surface area contributed by atoms with Crippen molar-refractivity contribution in [1.82, 2.24) is 4.90 Å². The lowest BCUT2D eigenvalue weighted by molar-refractivity contribution is -0.110. The molecule has 0 N–H and O–H groups in total. The summed E-state index contributed by atoms with van der Waals surface area (Å²) in [5.41, 5.74) is -0.400. The van der Waals surface area contributed by atoms with Crippen molar-refractivity contribution in [2.75, 3.05) is 13.1 Å². The van der Waals surface area contributed by atoms with E-state index in [1.54, 1.807) is 0 Å². The Kier molecular flexibility index (Phi) is 3.34. The molecule has 2 nitrogen and oxygen atoms in total. The Balaban J connectivity index is 2.32. The molecule has 1 unspecified atom stereocenters. The normalized spacial score (nSPS) is 24.9. The van der Waals surface area contributed by atoms with E-state index in [-0.39, 0.29) is 0 Å². The van der Waals surface area contributed by atoms with Crippen LogP contribution in [0.2, 0.25) is 0 Å². The molecule has 1 heterocycles. The van der Waals surface area contributed by atoms with Gasteiger partial charge in [-0.15, -0.1) is 0 Å². The Hall–Kier alpha value is -0.0800. The van der Waals surface area contributed by atoms with Gasteiger partial charge in [0.25, 0.3) is 0 Å². The van der Waals surface area contributed by atoms with Crippen molar-refractivity contribution >= 4 is 17.9 Å². The van der Waals surface area contributed by atoms with Gasteiger partial charge in [-0.2, -0.15) is 0 Å². The highest BCUT2D eigenvalue weighted by molar-refractivity contribution is 6.27. The molecule has 1 fully saturated rings. The molecular weight excluding hydrogens is 162 g/mol. The van der Waals surface area contributed by atoms with Gasteiger partial charge in [0.15, 0.2) is 6.29 Å². The van der Waals surface area contributed by atoms with Crippen LogP contribution in [0.1, 0.15) is 19.8 Å². The minimum atomic E-state index is -0.400. The number of hydrogen-bond donors (Lipinski definition) is 0. The summed E-state index contributed by atoms with van der Waals surface area (Å²) in [4.78, 5) is 12.3. The highest BCUT2D eigenvalue weighted by atomic mass is 35.5. The molecule has 11 heavy (non-hydrogen) atoms. The summed E-state index contributed by atoms with van der Waals surface area (Å²) in [6.07, 6.45) is 3.13. The molecule has 0 aromatic carbocycles. The Morgan fingerprint density at radius 1 is 1.55 bits per heavy atom. The molecule has 1 atom stereocenters. The molecule has 0 aliphatic carbocycles. The van der Waals surface area contributed by atoms with E-state index in [2.05, 4.69) is 6.92 Å². The molecule has 0 spiro atoms. The molecule has 1 aliphatic heterocycles. The molecule has 1 aliphatic rings. The van der Waals surface area contributed by atoms with Crippen molar-refractivity contribution in [1.29, 1.82) is 0 Å². The molecule has 1 saturated heterocycles. The fourth-order valence-electron chi connectivity index (χ4n) is 1.36. The summed E-state index contributed by atoms with van der Waals surface area (Å²) >= 11 is 5.75. The van der Waals surface area contributed by atoms with Gasteiger partial charge in [-0.05, 0) is 18.8 Å². The van der Waals surface area contributed by atoms with Crippen molar-refractivity contribution in [2.45, 2.75) is 25.3 Å². The maximum Gasteiger partial charge on any atom is 0.152 e. The summed E-state index contributed by atoms with van der Waals surface area (Å²) in [7, 11) is 0. The third kappa shape index (κ3) is 2.46. The van der Waals surface area contributed by atoms with Gasteiger partial charge in [0.05, 0.1) is 0 Å². The summed E-state index contributed by atoms with van der Waals surface area (Å²) < 4.78 is 0. The number of alkyl halides is 1. The molecule has 64 valence electrons.